The molecule has 0 spiro atoms. The molecule has 1 aromatic rings. The Kier molecular flexibility index (Phi) is 5.80. The predicted octanol–water partition coefficient (Wildman–Crippen LogP) is 2.48. The van der Waals surface area contributed by atoms with E-state index in [1.54, 1.807) is 32.3 Å². The van der Waals surface area contributed by atoms with E-state index in [4.69, 9.17) is 11.6 Å². The Labute approximate surface area is 120 Å². The Balaban J connectivity index is 3.18. The Bertz CT molecular complexity index is 531. The topological polar surface area (TPSA) is 49.4 Å². The van der Waals surface area contributed by atoms with E-state index in [1.165, 1.54) is 4.31 Å². The smallest absolute Gasteiger partial charge is 0.243 e. The predicted molar refractivity (Wildman–Crippen MR) is 78.9 cm³/mol. The highest BCUT2D eigenvalue weighted by molar-refractivity contribution is 7.89. The molecule has 1 unspecified atom stereocenters. The van der Waals surface area contributed by atoms with Crippen molar-refractivity contribution in [2.24, 2.45) is 0 Å². The fourth-order valence-corrected chi connectivity index (χ4v) is 3.37. The van der Waals surface area contributed by atoms with Gasteiger partial charge in [-0.1, -0.05) is 18.5 Å². The Morgan fingerprint density at radius 3 is 2.58 bits per heavy atom. The summed E-state index contributed by atoms with van der Waals surface area (Å²) in [5.41, 5.74) is 0.780. The van der Waals surface area contributed by atoms with Crippen molar-refractivity contribution < 1.29 is 8.42 Å². The third kappa shape index (κ3) is 3.69. The molecule has 0 aliphatic heterocycles. The molecule has 0 heterocycles. The molecule has 4 nitrogen and oxygen atoms in total. The van der Waals surface area contributed by atoms with Gasteiger partial charge < -0.3 is 5.32 Å². The van der Waals surface area contributed by atoms with Gasteiger partial charge in [-0.2, -0.15) is 4.31 Å². The molecule has 0 saturated carbocycles. The number of hydrogen-bond acceptors (Lipinski definition) is 3. The lowest BCUT2D eigenvalue weighted by atomic mass is 10.2. The number of benzene rings is 1. The van der Waals surface area contributed by atoms with Crippen molar-refractivity contribution in [1.29, 1.82) is 0 Å². The zero-order valence-electron chi connectivity index (χ0n) is 11.8. The summed E-state index contributed by atoms with van der Waals surface area (Å²) in [7, 11) is -0.0596. The summed E-state index contributed by atoms with van der Waals surface area (Å²) in [5, 5.41) is 3.54. The molecule has 0 aliphatic rings. The molecule has 6 heteroatoms. The second-order valence-electron chi connectivity index (χ2n) is 4.56. The van der Waals surface area contributed by atoms with Crippen LogP contribution >= 0.6 is 11.6 Å². The van der Waals surface area contributed by atoms with Gasteiger partial charge in [0.15, 0.2) is 0 Å². The van der Waals surface area contributed by atoms with Crippen LogP contribution in [0.3, 0.4) is 0 Å². The molecule has 19 heavy (non-hydrogen) atoms. The third-order valence-electron chi connectivity index (χ3n) is 3.27. The summed E-state index contributed by atoms with van der Waals surface area (Å²) in [6, 6.07) is 4.78. The summed E-state index contributed by atoms with van der Waals surface area (Å²) >= 11 is 6.05. The summed E-state index contributed by atoms with van der Waals surface area (Å²) in [6.45, 7) is 4.39. The van der Waals surface area contributed by atoms with Crippen LogP contribution < -0.4 is 5.32 Å². The largest absolute Gasteiger partial charge is 0.316 e. The van der Waals surface area contributed by atoms with Gasteiger partial charge in [0.2, 0.25) is 10.0 Å². The third-order valence-corrected chi connectivity index (χ3v) is 5.61. The number of hydrogen-bond donors (Lipinski definition) is 1. The van der Waals surface area contributed by atoms with Gasteiger partial charge in [-0.15, -0.1) is 0 Å². The summed E-state index contributed by atoms with van der Waals surface area (Å²) in [6.07, 6.45) is 0.771. The monoisotopic (exact) mass is 304 g/mol. The number of sulfonamides is 1. The van der Waals surface area contributed by atoms with Gasteiger partial charge in [-0.25, -0.2) is 8.42 Å². The minimum Gasteiger partial charge on any atom is -0.316 e. The second-order valence-corrected chi connectivity index (χ2v) is 6.97. The normalized spacial score (nSPS) is 13.8. The molecule has 1 atom stereocenters. The Morgan fingerprint density at radius 2 is 2.05 bits per heavy atom. The van der Waals surface area contributed by atoms with Crippen LogP contribution in [-0.2, 0) is 16.6 Å². The molecule has 0 saturated heterocycles. The van der Waals surface area contributed by atoms with Crippen LogP contribution in [0.2, 0.25) is 5.02 Å². The number of nitrogens with zero attached hydrogens (tertiary/aromatic N) is 1. The van der Waals surface area contributed by atoms with E-state index in [-0.39, 0.29) is 10.9 Å². The standard InChI is InChI=1S/C13H21ClN2O2S/c1-5-10(2)16(4)19(17,18)12-6-7-13(14)11(8-12)9-15-3/h6-8,10,15H,5,9H2,1-4H3. The first-order valence-corrected chi connectivity index (χ1v) is 8.07. The van der Waals surface area contributed by atoms with Crippen LogP contribution in [0.1, 0.15) is 25.8 Å². The van der Waals surface area contributed by atoms with Crippen molar-refractivity contribution in [2.45, 2.75) is 37.8 Å². The maximum Gasteiger partial charge on any atom is 0.243 e. The SMILES string of the molecule is CCC(C)N(C)S(=O)(=O)c1ccc(Cl)c(CNC)c1. The van der Waals surface area contributed by atoms with Gasteiger partial charge in [0.25, 0.3) is 0 Å². The average molecular weight is 305 g/mol. The van der Waals surface area contributed by atoms with Crippen molar-refractivity contribution in [3.05, 3.63) is 28.8 Å². The molecule has 1 aromatic carbocycles. The van der Waals surface area contributed by atoms with E-state index in [0.717, 1.165) is 12.0 Å². The first-order valence-electron chi connectivity index (χ1n) is 6.25. The first kappa shape index (κ1) is 16.4. The van der Waals surface area contributed by atoms with Crippen molar-refractivity contribution >= 4 is 21.6 Å². The van der Waals surface area contributed by atoms with Crippen molar-refractivity contribution in [1.82, 2.24) is 9.62 Å². The lowest BCUT2D eigenvalue weighted by molar-refractivity contribution is 0.380. The van der Waals surface area contributed by atoms with Crippen LogP contribution in [0, 0.1) is 0 Å². The summed E-state index contributed by atoms with van der Waals surface area (Å²) < 4.78 is 26.3. The summed E-state index contributed by atoms with van der Waals surface area (Å²) in [4.78, 5) is 0.282. The van der Waals surface area contributed by atoms with Crippen molar-refractivity contribution in [3.63, 3.8) is 0 Å². The highest BCUT2D eigenvalue weighted by Crippen LogP contribution is 2.23. The molecular weight excluding hydrogens is 284 g/mol. The highest BCUT2D eigenvalue weighted by Gasteiger charge is 2.24. The van der Waals surface area contributed by atoms with Crippen LogP contribution in [0.25, 0.3) is 0 Å². The Hall–Kier alpha value is -0.620. The zero-order chi connectivity index (χ0) is 14.6. The first-order chi connectivity index (χ1) is 8.84. The quantitative estimate of drug-likeness (QED) is 0.878. The second kappa shape index (κ2) is 6.70. The molecule has 0 amide bonds. The molecule has 0 aromatic heterocycles. The van der Waals surface area contributed by atoms with Gasteiger partial charge in [-0.3, -0.25) is 0 Å². The minimum absolute atomic E-state index is 0.0339. The van der Waals surface area contributed by atoms with E-state index in [0.29, 0.717) is 11.6 Å². The van der Waals surface area contributed by atoms with E-state index in [9.17, 15) is 8.42 Å². The van der Waals surface area contributed by atoms with E-state index >= 15 is 0 Å². The fraction of sp³-hybridized carbons (Fsp3) is 0.538. The maximum absolute atomic E-state index is 12.5. The minimum atomic E-state index is -3.46. The molecule has 0 fully saturated rings. The fourth-order valence-electron chi connectivity index (χ4n) is 1.70. The molecular formula is C13H21ClN2O2S. The summed E-state index contributed by atoms with van der Waals surface area (Å²) in [5.74, 6) is 0. The van der Waals surface area contributed by atoms with Crippen LogP contribution in [-0.4, -0.2) is 32.9 Å². The molecule has 0 bridgehead atoms. The van der Waals surface area contributed by atoms with Crippen molar-refractivity contribution in [2.75, 3.05) is 14.1 Å². The molecule has 1 rings (SSSR count). The molecule has 108 valence electrons. The number of nitrogens with one attached hydrogen (secondary N) is 1. The van der Waals surface area contributed by atoms with Crippen LogP contribution in [0.5, 0.6) is 0 Å². The zero-order valence-corrected chi connectivity index (χ0v) is 13.3. The Morgan fingerprint density at radius 1 is 1.42 bits per heavy atom. The van der Waals surface area contributed by atoms with Crippen LogP contribution in [0.15, 0.2) is 23.1 Å². The van der Waals surface area contributed by atoms with E-state index in [2.05, 4.69) is 5.32 Å². The van der Waals surface area contributed by atoms with Gasteiger partial charge in [0.05, 0.1) is 4.90 Å². The average Bonchev–Trinajstić information content (AvgIpc) is 2.39. The van der Waals surface area contributed by atoms with Gasteiger partial charge in [0, 0.05) is 24.7 Å². The molecule has 0 aliphatic carbocycles. The number of halogens is 1. The lowest BCUT2D eigenvalue weighted by Gasteiger charge is -2.23. The maximum atomic E-state index is 12.5. The van der Waals surface area contributed by atoms with Crippen molar-refractivity contribution in [3.8, 4) is 0 Å². The highest BCUT2D eigenvalue weighted by atomic mass is 35.5. The van der Waals surface area contributed by atoms with Gasteiger partial charge in [-0.05, 0) is 44.2 Å². The van der Waals surface area contributed by atoms with Gasteiger partial charge in [0.1, 0.15) is 0 Å². The van der Waals surface area contributed by atoms with E-state index in [1.807, 2.05) is 13.8 Å². The van der Waals surface area contributed by atoms with Gasteiger partial charge >= 0.3 is 0 Å². The van der Waals surface area contributed by atoms with E-state index < -0.39 is 10.0 Å². The molecule has 0 radical (unpaired) electrons. The van der Waals surface area contributed by atoms with Crippen LogP contribution in [0.4, 0.5) is 0 Å². The lowest BCUT2D eigenvalue weighted by Crippen LogP contribution is -2.34. The molecule has 1 N–H and O–H groups in total. The number of rotatable bonds is 6.